The number of carbonyl (C=O) groups is 3. The lowest BCUT2D eigenvalue weighted by atomic mass is 10.2. The van der Waals surface area contributed by atoms with Gasteiger partial charge in [-0.2, -0.15) is 0 Å². The molecule has 1 aromatic carbocycles. The van der Waals surface area contributed by atoms with Crippen LogP contribution in [0.4, 0.5) is 0 Å². The second-order valence-electron chi connectivity index (χ2n) is 3.40. The van der Waals surface area contributed by atoms with E-state index in [-0.39, 0.29) is 22.9 Å². The van der Waals surface area contributed by atoms with Gasteiger partial charge in [0.1, 0.15) is 11.3 Å². The van der Waals surface area contributed by atoms with Crippen LogP contribution < -0.4 is 10.6 Å². The van der Waals surface area contributed by atoms with Gasteiger partial charge in [-0.15, -0.1) is 0 Å². The molecule has 0 unspecified atom stereocenters. The van der Waals surface area contributed by atoms with E-state index in [0.717, 1.165) is 5.01 Å². The van der Waals surface area contributed by atoms with Gasteiger partial charge in [0, 0.05) is 6.54 Å². The van der Waals surface area contributed by atoms with Crippen LogP contribution in [0.2, 0.25) is 5.02 Å². The summed E-state index contributed by atoms with van der Waals surface area (Å²) >= 11 is 5.85. The Balaban J connectivity index is 3.19. The highest BCUT2D eigenvalue weighted by Crippen LogP contribution is 2.27. The van der Waals surface area contributed by atoms with Crippen LogP contribution in [0.25, 0.3) is 0 Å². The molecule has 0 radical (unpaired) electrons. The van der Waals surface area contributed by atoms with E-state index in [1.165, 1.54) is 18.2 Å². The number of hydrogen-bond donors (Lipinski definition) is 2. The predicted molar refractivity (Wildman–Crippen MR) is 65.6 cm³/mol. The highest BCUT2D eigenvalue weighted by molar-refractivity contribution is 6.34. The van der Waals surface area contributed by atoms with Gasteiger partial charge in [-0.1, -0.05) is 17.7 Å². The SMILES string of the molecule is CCN(N)C(=O)c1c(Cl)cccc1OC(=O)C(=O)O. The number of esters is 1. The maximum Gasteiger partial charge on any atom is 0.422 e. The molecule has 0 aliphatic carbocycles. The second kappa shape index (κ2) is 6.17. The Labute approximate surface area is 113 Å². The van der Waals surface area contributed by atoms with Crippen molar-refractivity contribution in [2.75, 3.05) is 6.54 Å². The molecule has 8 heteroatoms. The molecule has 0 heterocycles. The van der Waals surface area contributed by atoms with Crippen molar-refractivity contribution in [3.63, 3.8) is 0 Å². The highest BCUT2D eigenvalue weighted by atomic mass is 35.5. The molecule has 0 atom stereocenters. The number of rotatable bonds is 3. The summed E-state index contributed by atoms with van der Waals surface area (Å²) in [6.45, 7) is 1.84. The van der Waals surface area contributed by atoms with Crippen molar-refractivity contribution >= 4 is 29.4 Å². The van der Waals surface area contributed by atoms with Crippen molar-refractivity contribution in [1.82, 2.24) is 5.01 Å². The van der Waals surface area contributed by atoms with Gasteiger partial charge in [-0.3, -0.25) is 9.80 Å². The first kappa shape index (κ1) is 14.9. The highest BCUT2D eigenvalue weighted by Gasteiger charge is 2.23. The average molecular weight is 287 g/mol. The summed E-state index contributed by atoms with van der Waals surface area (Å²) in [6, 6.07) is 4.07. The Hall–Kier alpha value is -2.12. The van der Waals surface area contributed by atoms with E-state index < -0.39 is 17.8 Å². The van der Waals surface area contributed by atoms with Gasteiger partial charge >= 0.3 is 11.9 Å². The van der Waals surface area contributed by atoms with Crippen LogP contribution in [-0.4, -0.2) is 34.5 Å². The van der Waals surface area contributed by atoms with E-state index in [9.17, 15) is 14.4 Å². The molecule has 7 nitrogen and oxygen atoms in total. The molecule has 0 aromatic heterocycles. The smallest absolute Gasteiger partial charge is 0.422 e. The third kappa shape index (κ3) is 3.43. The van der Waals surface area contributed by atoms with E-state index in [4.69, 9.17) is 22.6 Å². The third-order valence-electron chi connectivity index (χ3n) is 2.17. The van der Waals surface area contributed by atoms with Gasteiger partial charge in [-0.05, 0) is 19.1 Å². The van der Waals surface area contributed by atoms with Gasteiger partial charge in [0.25, 0.3) is 5.91 Å². The predicted octanol–water partition coefficient (Wildman–Crippen LogP) is 0.666. The summed E-state index contributed by atoms with van der Waals surface area (Å²) in [5.41, 5.74) is -0.164. The Kier molecular flexibility index (Phi) is 4.85. The van der Waals surface area contributed by atoms with E-state index in [2.05, 4.69) is 4.74 Å². The Bertz CT molecular complexity index is 532. The fourth-order valence-corrected chi connectivity index (χ4v) is 1.47. The van der Waals surface area contributed by atoms with E-state index in [1.807, 2.05) is 0 Å². The summed E-state index contributed by atoms with van der Waals surface area (Å²) in [5, 5.41) is 9.33. The maximum atomic E-state index is 11.9. The minimum atomic E-state index is -1.78. The summed E-state index contributed by atoms with van der Waals surface area (Å²) in [7, 11) is 0. The molecule has 0 saturated heterocycles. The lowest BCUT2D eigenvalue weighted by Gasteiger charge is -2.16. The lowest BCUT2D eigenvalue weighted by molar-refractivity contribution is -0.158. The Morgan fingerprint density at radius 2 is 2.05 bits per heavy atom. The number of nitrogens with zero attached hydrogens (tertiary/aromatic N) is 1. The largest absolute Gasteiger partial charge is 0.473 e. The van der Waals surface area contributed by atoms with E-state index in [0.29, 0.717) is 0 Å². The van der Waals surface area contributed by atoms with Gasteiger partial charge in [0.15, 0.2) is 0 Å². The van der Waals surface area contributed by atoms with Gasteiger partial charge in [0.05, 0.1) is 5.02 Å². The summed E-state index contributed by atoms with van der Waals surface area (Å²) in [4.78, 5) is 33.4. The molecule has 102 valence electrons. The molecule has 0 aliphatic heterocycles. The van der Waals surface area contributed by atoms with Crippen LogP contribution in [0.15, 0.2) is 18.2 Å². The number of carboxylic acids is 1. The van der Waals surface area contributed by atoms with Crippen LogP contribution in [0, 0.1) is 0 Å². The number of benzene rings is 1. The van der Waals surface area contributed by atoms with Crippen LogP contribution in [0.5, 0.6) is 5.75 Å². The molecule has 3 N–H and O–H groups in total. The zero-order chi connectivity index (χ0) is 14.6. The summed E-state index contributed by atoms with van der Waals surface area (Å²) in [5.74, 6) is 1.21. The van der Waals surface area contributed by atoms with Crippen LogP contribution in [0.3, 0.4) is 0 Å². The number of ether oxygens (including phenoxy) is 1. The molecule has 0 bridgehead atoms. The first-order valence-electron chi connectivity index (χ1n) is 5.18. The maximum absolute atomic E-state index is 11.9. The third-order valence-corrected chi connectivity index (χ3v) is 2.48. The van der Waals surface area contributed by atoms with E-state index in [1.54, 1.807) is 6.92 Å². The van der Waals surface area contributed by atoms with Crippen molar-refractivity contribution < 1.29 is 24.2 Å². The summed E-state index contributed by atoms with van der Waals surface area (Å²) < 4.78 is 4.58. The van der Waals surface area contributed by atoms with Crippen LogP contribution >= 0.6 is 11.6 Å². The standard InChI is InChI=1S/C11H11ClN2O5/c1-2-14(13)9(15)8-6(12)4-3-5-7(8)19-11(18)10(16)17/h3-5H,2,13H2,1H3,(H,16,17). The summed E-state index contributed by atoms with van der Waals surface area (Å²) in [6.07, 6.45) is 0. The van der Waals surface area contributed by atoms with Gasteiger partial charge < -0.3 is 9.84 Å². The minimum absolute atomic E-state index is 0.00425. The number of hydrazine groups is 1. The van der Waals surface area contributed by atoms with Crippen molar-refractivity contribution in [3.05, 3.63) is 28.8 Å². The van der Waals surface area contributed by atoms with Gasteiger partial charge in [0.2, 0.25) is 0 Å². The number of amides is 1. The normalized spacial score (nSPS) is 9.84. The first-order valence-corrected chi connectivity index (χ1v) is 5.56. The molecular weight excluding hydrogens is 276 g/mol. The average Bonchev–Trinajstić information content (AvgIpc) is 2.37. The van der Waals surface area contributed by atoms with Gasteiger partial charge in [-0.25, -0.2) is 15.4 Å². The number of carbonyl (C=O) groups excluding carboxylic acids is 2. The van der Waals surface area contributed by atoms with Crippen molar-refractivity contribution in [2.45, 2.75) is 6.92 Å². The topological polar surface area (TPSA) is 110 Å². The zero-order valence-corrected chi connectivity index (χ0v) is 10.7. The molecule has 1 aromatic rings. The Morgan fingerprint density at radius 1 is 1.42 bits per heavy atom. The fourth-order valence-electron chi connectivity index (χ4n) is 1.23. The fraction of sp³-hybridized carbons (Fsp3) is 0.182. The number of aliphatic carboxylic acids is 1. The monoisotopic (exact) mass is 286 g/mol. The molecule has 19 heavy (non-hydrogen) atoms. The molecular formula is C11H11ClN2O5. The van der Waals surface area contributed by atoms with Crippen molar-refractivity contribution in [3.8, 4) is 5.75 Å². The first-order chi connectivity index (χ1) is 8.88. The minimum Gasteiger partial charge on any atom is -0.473 e. The molecule has 0 spiro atoms. The second-order valence-corrected chi connectivity index (χ2v) is 3.81. The van der Waals surface area contributed by atoms with Crippen LogP contribution in [-0.2, 0) is 9.59 Å². The number of nitrogens with two attached hydrogens (primary N) is 1. The number of hydrogen-bond acceptors (Lipinski definition) is 5. The number of halogens is 1. The molecule has 0 aliphatic rings. The molecule has 1 rings (SSSR count). The van der Waals surface area contributed by atoms with Crippen LogP contribution in [0.1, 0.15) is 17.3 Å². The lowest BCUT2D eigenvalue weighted by Crippen LogP contribution is -2.37. The number of carboxylic acid groups (broad SMARTS) is 1. The molecule has 1 amide bonds. The van der Waals surface area contributed by atoms with Crippen molar-refractivity contribution in [2.24, 2.45) is 5.84 Å². The Morgan fingerprint density at radius 3 is 2.58 bits per heavy atom. The zero-order valence-electron chi connectivity index (χ0n) is 9.92. The molecule has 0 fully saturated rings. The van der Waals surface area contributed by atoms with E-state index >= 15 is 0 Å². The molecule has 0 saturated carbocycles. The quantitative estimate of drug-likeness (QED) is 0.211. The van der Waals surface area contributed by atoms with Crippen molar-refractivity contribution in [1.29, 1.82) is 0 Å².